The lowest BCUT2D eigenvalue weighted by molar-refractivity contribution is 0.0559. The molecule has 2 nitrogen and oxygen atoms in total. The van der Waals surface area contributed by atoms with Gasteiger partial charge in [0.1, 0.15) is 17.1 Å². The summed E-state index contributed by atoms with van der Waals surface area (Å²) in [5.74, 6) is 2.08. The standard InChI is InChI=1S/C24H35F2O2Si/c1-16(10-8-12-21(25)26)11-9-14-24(5)15-13-20-19(4)22(28-29(6)7)17(2)18(3)23(20)27-24/h11-12H,8-10,13-15H2,1-7H3. The zero-order chi connectivity index (χ0) is 21.8. The molecule has 1 atom stereocenters. The molecular formula is C24H35F2O2Si. The molecule has 1 aliphatic heterocycles. The third-order valence-corrected chi connectivity index (χ3v) is 6.49. The van der Waals surface area contributed by atoms with Crippen molar-refractivity contribution in [2.45, 2.75) is 91.8 Å². The molecule has 161 valence electrons. The monoisotopic (exact) mass is 421 g/mol. The van der Waals surface area contributed by atoms with E-state index < -0.39 is 15.1 Å². The van der Waals surface area contributed by atoms with E-state index in [4.69, 9.17) is 9.16 Å². The molecule has 1 radical (unpaired) electrons. The molecule has 1 aromatic carbocycles. The van der Waals surface area contributed by atoms with Crippen LogP contribution in [0.1, 0.15) is 68.2 Å². The van der Waals surface area contributed by atoms with Crippen molar-refractivity contribution in [1.29, 1.82) is 0 Å². The average molecular weight is 422 g/mol. The van der Waals surface area contributed by atoms with Crippen LogP contribution in [0, 0.1) is 20.8 Å². The van der Waals surface area contributed by atoms with E-state index in [9.17, 15) is 8.78 Å². The second-order valence-corrected chi connectivity index (χ2v) is 10.7. The van der Waals surface area contributed by atoms with Gasteiger partial charge in [0.2, 0.25) is 0 Å². The van der Waals surface area contributed by atoms with Crippen LogP contribution in [0.5, 0.6) is 11.5 Å². The molecule has 0 N–H and O–H groups in total. The number of fused-ring (bicyclic) bond motifs is 1. The van der Waals surface area contributed by atoms with E-state index in [0.717, 1.165) is 48.8 Å². The quantitative estimate of drug-likeness (QED) is 0.317. The fourth-order valence-corrected chi connectivity index (χ4v) is 4.66. The van der Waals surface area contributed by atoms with Crippen molar-refractivity contribution in [3.63, 3.8) is 0 Å². The lowest BCUT2D eigenvalue weighted by atomic mass is 9.85. The van der Waals surface area contributed by atoms with Crippen molar-refractivity contribution in [3.05, 3.63) is 46.1 Å². The number of hydrogen-bond donors (Lipinski definition) is 0. The SMILES string of the molecule is CC(=CCCC1(C)CCc2c(C)c(O[Si](C)C)c(C)c(C)c2O1)CCC=C(F)F. The zero-order valence-electron chi connectivity index (χ0n) is 19.0. The van der Waals surface area contributed by atoms with Crippen LogP contribution in [0.3, 0.4) is 0 Å². The highest BCUT2D eigenvalue weighted by molar-refractivity contribution is 6.49. The summed E-state index contributed by atoms with van der Waals surface area (Å²) in [5, 5.41) is 0. The molecule has 0 aliphatic carbocycles. The molecular weight excluding hydrogens is 386 g/mol. The minimum absolute atomic E-state index is 0.203. The number of halogens is 2. The summed E-state index contributed by atoms with van der Waals surface area (Å²) in [5.41, 5.74) is 5.83. The van der Waals surface area contributed by atoms with Gasteiger partial charge in [-0.2, -0.15) is 8.78 Å². The Balaban J connectivity index is 2.10. The summed E-state index contributed by atoms with van der Waals surface area (Å²) in [4.78, 5) is 0. The first-order chi connectivity index (χ1) is 13.5. The van der Waals surface area contributed by atoms with Gasteiger partial charge in [-0.3, -0.25) is 0 Å². The number of allylic oxidation sites excluding steroid dienone is 3. The van der Waals surface area contributed by atoms with E-state index in [2.05, 4.69) is 46.9 Å². The van der Waals surface area contributed by atoms with E-state index in [1.54, 1.807) is 0 Å². The first-order valence-corrected chi connectivity index (χ1v) is 12.9. The average Bonchev–Trinajstić information content (AvgIpc) is 2.63. The number of ether oxygens (including phenoxy) is 1. The van der Waals surface area contributed by atoms with Crippen molar-refractivity contribution in [1.82, 2.24) is 0 Å². The van der Waals surface area contributed by atoms with Gasteiger partial charge in [-0.05, 0) is 109 Å². The van der Waals surface area contributed by atoms with Gasteiger partial charge >= 0.3 is 0 Å². The van der Waals surface area contributed by atoms with Crippen molar-refractivity contribution < 1.29 is 17.9 Å². The fraction of sp³-hybridized carbons (Fsp3) is 0.583. The van der Waals surface area contributed by atoms with E-state index in [0.29, 0.717) is 12.8 Å². The van der Waals surface area contributed by atoms with Crippen LogP contribution in [0.25, 0.3) is 0 Å². The van der Waals surface area contributed by atoms with Crippen LogP contribution in [0.4, 0.5) is 8.78 Å². The molecule has 1 unspecified atom stereocenters. The van der Waals surface area contributed by atoms with Crippen LogP contribution >= 0.6 is 0 Å². The largest absolute Gasteiger partial charge is 0.542 e. The number of benzene rings is 1. The minimum Gasteiger partial charge on any atom is -0.542 e. The molecule has 0 amide bonds. The van der Waals surface area contributed by atoms with Gasteiger partial charge in [-0.1, -0.05) is 11.6 Å². The third kappa shape index (κ3) is 6.18. The van der Waals surface area contributed by atoms with Crippen LogP contribution in [0.15, 0.2) is 23.8 Å². The molecule has 1 aromatic rings. The Morgan fingerprint density at radius 3 is 2.41 bits per heavy atom. The maximum Gasteiger partial charge on any atom is 0.274 e. The van der Waals surface area contributed by atoms with Crippen molar-refractivity contribution >= 4 is 9.04 Å². The Bertz CT molecular complexity index is 795. The predicted octanol–water partition coefficient (Wildman–Crippen LogP) is 7.61. The van der Waals surface area contributed by atoms with Gasteiger partial charge in [0, 0.05) is 5.56 Å². The zero-order valence-corrected chi connectivity index (χ0v) is 20.0. The van der Waals surface area contributed by atoms with Crippen molar-refractivity contribution in [2.24, 2.45) is 0 Å². The van der Waals surface area contributed by atoms with E-state index in [1.807, 2.05) is 6.92 Å². The second-order valence-electron chi connectivity index (χ2n) is 8.70. The molecule has 0 saturated heterocycles. The lowest BCUT2D eigenvalue weighted by Crippen LogP contribution is -2.37. The second kappa shape index (κ2) is 9.92. The molecule has 29 heavy (non-hydrogen) atoms. The molecule has 5 heteroatoms. The fourth-order valence-electron chi connectivity index (χ4n) is 3.95. The first kappa shape index (κ1) is 23.7. The van der Waals surface area contributed by atoms with Crippen molar-refractivity contribution in [3.8, 4) is 11.5 Å². The molecule has 2 rings (SSSR count). The summed E-state index contributed by atoms with van der Waals surface area (Å²) < 4.78 is 37.1. The molecule has 0 saturated carbocycles. The third-order valence-electron chi connectivity index (χ3n) is 5.87. The molecule has 1 aliphatic rings. The summed E-state index contributed by atoms with van der Waals surface area (Å²) in [6.07, 6.45) is 6.42. The molecule has 0 bridgehead atoms. The topological polar surface area (TPSA) is 18.5 Å². The summed E-state index contributed by atoms with van der Waals surface area (Å²) in [7, 11) is -0.820. The van der Waals surface area contributed by atoms with E-state index in [-0.39, 0.29) is 5.60 Å². The summed E-state index contributed by atoms with van der Waals surface area (Å²) >= 11 is 0. The van der Waals surface area contributed by atoms with Gasteiger partial charge in [0.25, 0.3) is 15.1 Å². The smallest absolute Gasteiger partial charge is 0.274 e. The molecule has 0 aromatic heterocycles. The van der Waals surface area contributed by atoms with Crippen LogP contribution in [0.2, 0.25) is 13.1 Å². The van der Waals surface area contributed by atoms with Crippen LogP contribution < -0.4 is 9.16 Å². The van der Waals surface area contributed by atoms with E-state index >= 15 is 0 Å². The molecule has 0 fully saturated rings. The summed E-state index contributed by atoms with van der Waals surface area (Å²) in [6.45, 7) is 14.9. The highest BCUT2D eigenvalue weighted by Gasteiger charge is 2.34. The minimum atomic E-state index is -1.59. The Hall–Kier alpha value is -1.62. The lowest BCUT2D eigenvalue weighted by Gasteiger charge is -2.38. The van der Waals surface area contributed by atoms with Crippen LogP contribution in [-0.4, -0.2) is 14.6 Å². The van der Waals surface area contributed by atoms with Crippen LogP contribution in [-0.2, 0) is 6.42 Å². The molecule has 0 spiro atoms. The van der Waals surface area contributed by atoms with E-state index in [1.165, 1.54) is 22.3 Å². The Labute approximate surface area is 176 Å². The Morgan fingerprint density at radius 2 is 1.79 bits per heavy atom. The molecule has 1 heterocycles. The maximum atomic E-state index is 12.1. The van der Waals surface area contributed by atoms with Gasteiger partial charge in [0.05, 0.1) is 0 Å². The first-order valence-electron chi connectivity index (χ1n) is 10.5. The highest BCUT2D eigenvalue weighted by Crippen LogP contribution is 2.45. The highest BCUT2D eigenvalue weighted by atomic mass is 28.3. The van der Waals surface area contributed by atoms with Gasteiger partial charge < -0.3 is 9.16 Å². The number of hydrogen-bond acceptors (Lipinski definition) is 2. The summed E-state index contributed by atoms with van der Waals surface area (Å²) in [6, 6.07) is 0. The van der Waals surface area contributed by atoms with Crippen molar-refractivity contribution in [2.75, 3.05) is 0 Å². The van der Waals surface area contributed by atoms with Gasteiger partial charge in [-0.15, -0.1) is 0 Å². The van der Waals surface area contributed by atoms with Gasteiger partial charge in [0.15, 0.2) is 0 Å². The van der Waals surface area contributed by atoms with Gasteiger partial charge in [-0.25, -0.2) is 0 Å². The predicted molar refractivity (Wildman–Crippen MR) is 119 cm³/mol. The Kier molecular flexibility index (Phi) is 8.09. The Morgan fingerprint density at radius 1 is 1.10 bits per heavy atom. The maximum absolute atomic E-state index is 12.1. The normalized spacial score (nSPS) is 19.0. The number of rotatable bonds is 8.